The van der Waals surface area contributed by atoms with E-state index in [1.807, 2.05) is 23.1 Å². The number of rotatable bonds is 4. The van der Waals surface area contributed by atoms with E-state index in [4.69, 9.17) is 5.73 Å². The molecule has 2 atom stereocenters. The number of hydrogen-bond donors (Lipinski definition) is 1. The Morgan fingerprint density at radius 1 is 1.41 bits per heavy atom. The molecule has 1 saturated heterocycles. The fourth-order valence-electron chi connectivity index (χ4n) is 2.58. The zero-order valence-corrected chi connectivity index (χ0v) is 10.3. The van der Waals surface area contributed by atoms with Crippen LogP contribution < -0.4 is 5.73 Å². The highest BCUT2D eigenvalue weighted by atomic mass is 16.2. The van der Waals surface area contributed by atoms with Crippen LogP contribution in [0, 0.1) is 5.92 Å². The van der Waals surface area contributed by atoms with Crippen molar-refractivity contribution in [3.63, 3.8) is 0 Å². The summed E-state index contributed by atoms with van der Waals surface area (Å²) in [6.07, 6.45) is 1.56. The Bertz CT molecular complexity index is 377. The number of benzene rings is 1. The molecule has 2 rings (SSSR count). The zero-order chi connectivity index (χ0) is 12.3. The lowest BCUT2D eigenvalue weighted by Crippen LogP contribution is -2.30. The highest BCUT2D eigenvalue weighted by molar-refractivity contribution is 5.79. The zero-order valence-electron chi connectivity index (χ0n) is 10.3. The molecule has 0 spiro atoms. The molecule has 17 heavy (non-hydrogen) atoms. The predicted octanol–water partition coefficient (Wildman–Crippen LogP) is 1.94. The van der Waals surface area contributed by atoms with Crippen molar-refractivity contribution in [3.8, 4) is 0 Å². The number of amides is 1. The van der Waals surface area contributed by atoms with Gasteiger partial charge in [0.2, 0.25) is 5.91 Å². The first-order valence-corrected chi connectivity index (χ1v) is 6.30. The maximum Gasteiger partial charge on any atom is 0.223 e. The minimum Gasteiger partial charge on any atom is -0.335 e. The molecule has 1 unspecified atom stereocenters. The van der Waals surface area contributed by atoms with Crippen LogP contribution in [-0.4, -0.2) is 23.9 Å². The van der Waals surface area contributed by atoms with Gasteiger partial charge in [-0.25, -0.2) is 0 Å². The van der Waals surface area contributed by atoms with Gasteiger partial charge in [-0.3, -0.25) is 4.79 Å². The number of nitrogens with two attached hydrogens (primary N) is 1. The van der Waals surface area contributed by atoms with Crippen LogP contribution >= 0.6 is 0 Å². The van der Waals surface area contributed by atoms with Crippen molar-refractivity contribution in [2.75, 3.05) is 13.1 Å². The maximum atomic E-state index is 12.0. The maximum absolute atomic E-state index is 12.0. The van der Waals surface area contributed by atoms with E-state index >= 15 is 0 Å². The summed E-state index contributed by atoms with van der Waals surface area (Å²) in [6, 6.07) is 10.5. The van der Waals surface area contributed by atoms with Crippen LogP contribution in [0.5, 0.6) is 0 Å². The molecular formula is C14H20N2O. The molecule has 1 aromatic rings. The van der Waals surface area contributed by atoms with E-state index in [1.165, 1.54) is 5.56 Å². The lowest BCUT2D eigenvalue weighted by Gasteiger charge is -2.27. The fraction of sp³-hybridized carbons (Fsp3) is 0.500. The van der Waals surface area contributed by atoms with Gasteiger partial charge in [0.05, 0.1) is 6.04 Å². The van der Waals surface area contributed by atoms with Crippen molar-refractivity contribution in [1.29, 1.82) is 0 Å². The number of hydrogen-bond acceptors (Lipinski definition) is 2. The normalized spacial score (nSPS) is 21.9. The molecule has 2 N–H and O–H groups in total. The van der Waals surface area contributed by atoms with Gasteiger partial charge in [0.25, 0.3) is 0 Å². The van der Waals surface area contributed by atoms with Crippen LogP contribution in [-0.2, 0) is 4.79 Å². The highest BCUT2D eigenvalue weighted by Crippen LogP contribution is 2.30. The Labute approximate surface area is 103 Å². The number of carbonyl (C=O) groups excluding carboxylic acids is 1. The number of carbonyl (C=O) groups is 1. The van der Waals surface area contributed by atoms with E-state index in [2.05, 4.69) is 19.1 Å². The van der Waals surface area contributed by atoms with Crippen molar-refractivity contribution < 1.29 is 4.79 Å². The topological polar surface area (TPSA) is 46.3 Å². The third-order valence-corrected chi connectivity index (χ3v) is 3.52. The molecule has 0 saturated carbocycles. The Morgan fingerprint density at radius 3 is 2.65 bits per heavy atom. The summed E-state index contributed by atoms with van der Waals surface area (Å²) in [5, 5.41) is 0. The predicted molar refractivity (Wildman–Crippen MR) is 68.3 cm³/mol. The summed E-state index contributed by atoms with van der Waals surface area (Å²) >= 11 is 0. The summed E-state index contributed by atoms with van der Waals surface area (Å²) in [7, 11) is 0. The highest BCUT2D eigenvalue weighted by Gasteiger charge is 2.33. The summed E-state index contributed by atoms with van der Waals surface area (Å²) < 4.78 is 0. The van der Waals surface area contributed by atoms with Gasteiger partial charge in [-0.05, 0) is 24.4 Å². The molecule has 1 fully saturated rings. The first kappa shape index (κ1) is 12.1. The van der Waals surface area contributed by atoms with Crippen LogP contribution in [0.15, 0.2) is 30.3 Å². The van der Waals surface area contributed by atoms with E-state index < -0.39 is 0 Å². The number of nitrogens with zero attached hydrogens (tertiary/aromatic N) is 1. The third kappa shape index (κ3) is 2.50. The molecule has 0 bridgehead atoms. The minimum absolute atomic E-state index is 0.209. The molecule has 1 amide bonds. The molecule has 92 valence electrons. The van der Waals surface area contributed by atoms with E-state index in [0.717, 1.165) is 13.0 Å². The molecule has 1 aliphatic heterocycles. The lowest BCUT2D eigenvalue weighted by molar-refractivity contribution is -0.129. The monoisotopic (exact) mass is 232 g/mol. The van der Waals surface area contributed by atoms with Gasteiger partial charge in [-0.1, -0.05) is 37.3 Å². The molecule has 0 aromatic heterocycles. The lowest BCUT2D eigenvalue weighted by atomic mass is 10.0. The summed E-state index contributed by atoms with van der Waals surface area (Å²) in [6.45, 7) is 3.54. The molecule has 1 aromatic carbocycles. The molecular weight excluding hydrogens is 212 g/mol. The first-order chi connectivity index (χ1) is 8.26. The van der Waals surface area contributed by atoms with Gasteiger partial charge in [-0.15, -0.1) is 0 Å². The van der Waals surface area contributed by atoms with Crippen molar-refractivity contribution in [3.05, 3.63) is 35.9 Å². The average Bonchev–Trinajstić information content (AvgIpc) is 2.73. The fourth-order valence-corrected chi connectivity index (χ4v) is 2.58. The third-order valence-electron chi connectivity index (χ3n) is 3.52. The van der Waals surface area contributed by atoms with Gasteiger partial charge >= 0.3 is 0 Å². The standard InChI is InChI=1S/C14H20N2O/c1-2-13(12-6-4-3-5-7-12)16-10-11(9-15)8-14(16)17/h3-7,11,13H,2,8-10,15H2,1H3/t11?,13-/m1/s1. The Hall–Kier alpha value is -1.35. The summed E-state index contributed by atoms with van der Waals surface area (Å²) in [5.74, 6) is 0.580. The largest absolute Gasteiger partial charge is 0.335 e. The van der Waals surface area contributed by atoms with Crippen molar-refractivity contribution in [1.82, 2.24) is 4.90 Å². The molecule has 3 nitrogen and oxygen atoms in total. The second kappa shape index (κ2) is 5.32. The molecule has 1 heterocycles. The summed E-state index contributed by atoms with van der Waals surface area (Å²) in [5.41, 5.74) is 6.88. The molecule has 0 aliphatic carbocycles. The smallest absolute Gasteiger partial charge is 0.223 e. The number of likely N-dealkylation sites (tertiary alicyclic amines) is 1. The molecule has 3 heteroatoms. The second-order valence-electron chi connectivity index (χ2n) is 4.69. The first-order valence-electron chi connectivity index (χ1n) is 6.30. The van der Waals surface area contributed by atoms with E-state index in [1.54, 1.807) is 0 Å². The van der Waals surface area contributed by atoms with Crippen LogP contribution in [0.25, 0.3) is 0 Å². The average molecular weight is 232 g/mol. The molecule has 0 radical (unpaired) electrons. The summed E-state index contributed by atoms with van der Waals surface area (Å²) in [4.78, 5) is 14.0. The Balaban J connectivity index is 2.17. The second-order valence-corrected chi connectivity index (χ2v) is 4.69. The van der Waals surface area contributed by atoms with Gasteiger partial charge in [0, 0.05) is 13.0 Å². The molecule has 1 aliphatic rings. The van der Waals surface area contributed by atoms with Crippen molar-refractivity contribution in [2.24, 2.45) is 11.7 Å². The van der Waals surface area contributed by atoms with E-state index in [-0.39, 0.29) is 11.9 Å². The Kier molecular flexibility index (Phi) is 3.79. The van der Waals surface area contributed by atoms with Crippen LogP contribution in [0.2, 0.25) is 0 Å². The quantitative estimate of drug-likeness (QED) is 0.862. The van der Waals surface area contributed by atoms with E-state index in [9.17, 15) is 4.79 Å². The van der Waals surface area contributed by atoms with Gasteiger partial charge < -0.3 is 10.6 Å². The van der Waals surface area contributed by atoms with Crippen molar-refractivity contribution in [2.45, 2.75) is 25.8 Å². The SMILES string of the molecule is CC[C@H](c1ccccc1)N1CC(CN)CC1=O. The Morgan fingerprint density at radius 2 is 2.12 bits per heavy atom. The van der Waals surface area contributed by atoms with Gasteiger partial charge in [0.15, 0.2) is 0 Å². The van der Waals surface area contributed by atoms with Crippen LogP contribution in [0.1, 0.15) is 31.4 Å². The van der Waals surface area contributed by atoms with Gasteiger partial charge in [0.1, 0.15) is 0 Å². The van der Waals surface area contributed by atoms with Gasteiger partial charge in [-0.2, -0.15) is 0 Å². The van der Waals surface area contributed by atoms with E-state index in [0.29, 0.717) is 18.9 Å². The minimum atomic E-state index is 0.209. The van der Waals surface area contributed by atoms with Crippen LogP contribution in [0.4, 0.5) is 0 Å². The van der Waals surface area contributed by atoms with Crippen LogP contribution in [0.3, 0.4) is 0 Å². The van der Waals surface area contributed by atoms with Crippen molar-refractivity contribution >= 4 is 5.91 Å².